The SMILES string of the molecule is O=C(NC1CCN(C2CCOCC2)CC1)N1CCC[C@@H](c2ncc[nH]2)C1. The molecule has 4 rings (SSSR count). The van der Waals surface area contributed by atoms with Gasteiger partial charge < -0.3 is 24.8 Å². The van der Waals surface area contributed by atoms with Gasteiger partial charge >= 0.3 is 6.03 Å². The second kappa shape index (κ2) is 8.39. The van der Waals surface area contributed by atoms with E-state index in [1.54, 1.807) is 6.20 Å². The molecule has 0 radical (unpaired) electrons. The highest BCUT2D eigenvalue weighted by molar-refractivity contribution is 5.74. The quantitative estimate of drug-likeness (QED) is 0.863. The average Bonchev–Trinajstić information content (AvgIpc) is 3.24. The first-order chi connectivity index (χ1) is 12.8. The van der Waals surface area contributed by atoms with E-state index >= 15 is 0 Å². The number of H-pyrrole nitrogens is 1. The number of carbonyl (C=O) groups excluding carboxylic acids is 1. The second-order valence-corrected chi connectivity index (χ2v) is 7.86. The van der Waals surface area contributed by atoms with Crippen molar-refractivity contribution in [3.63, 3.8) is 0 Å². The Kier molecular flexibility index (Phi) is 5.75. The number of aromatic nitrogens is 2. The summed E-state index contributed by atoms with van der Waals surface area (Å²) >= 11 is 0. The number of nitrogens with zero attached hydrogens (tertiary/aromatic N) is 3. The van der Waals surface area contributed by atoms with Crippen molar-refractivity contribution in [1.29, 1.82) is 0 Å². The predicted octanol–water partition coefficient (Wildman–Crippen LogP) is 1.94. The maximum Gasteiger partial charge on any atom is 0.317 e. The van der Waals surface area contributed by atoms with Crippen molar-refractivity contribution in [3.8, 4) is 0 Å². The summed E-state index contributed by atoms with van der Waals surface area (Å²) in [5.74, 6) is 1.34. The van der Waals surface area contributed by atoms with Gasteiger partial charge in [0.2, 0.25) is 0 Å². The number of carbonyl (C=O) groups is 1. The van der Waals surface area contributed by atoms with Crippen molar-refractivity contribution in [2.45, 2.75) is 56.5 Å². The van der Waals surface area contributed by atoms with E-state index in [4.69, 9.17) is 4.74 Å². The molecule has 1 aromatic rings. The zero-order valence-corrected chi connectivity index (χ0v) is 15.5. The Labute approximate surface area is 155 Å². The summed E-state index contributed by atoms with van der Waals surface area (Å²) in [5.41, 5.74) is 0. The van der Waals surface area contributed by atoms with Crippen LogP contribution in [-0.2, 0) is 4.74 Å². The zero-order valence-electron chi connectivity index (χ0n) is 15.5. The Balaban J connectivity index is 1.23. The van der Waals surface area contributed by atoms with Gasteiger partial charge in [0.15, 0.2) is 0 Å². The first-order valence-corrected chi connectivity index (χ1v) is 10.2. The van der Waals surface area contributed by atoms with Crippen LogP contribution in [0.2, 0.25) is 0 Å². The lowest BCUT2D eigenvalue weighted by Crippen LogP contribution is -2.53. The van der Waals surface area contributed by atoms with Gasteiger partial charge in [-0.05, 0) is 38.5 Å². The van der Waals surface area contributed by atoms with E-state index in [1.807, 2.05) is 11.1 Å². The molecule has 7 nitrogen and oxygen atoms in total. The first kappa shape index (κ1) is 17.8. The van der Waals surface area contributed by atoms with Gasteiger partial charge in [-0.3, -0.25) is 0 Å². The minimum absolute atomic E-state index is 0.103. The lowest BCUT2D eigenvalue weighted by molar-refractivity contribution is 0.0241. The van der Waals surface area contributed by atoms with Crippen LogP contribution in [0.1, 0.15) is 50.3 Å². The molecule has 7 heteroatoms. The van der Waals surface area contributed by atoms with E-state index in [2.05, 4.69) is 20.2 Å². The second-order valence-electron chi connectivity index (χ2n) is 7.86. The molecule has 144 valence electrons. The van der Waals surface area contributed by atoms with Crippen LogP contribution in [-0.4, -0.2) is 77.3 Å². The number of likely N-dealkylation sites (tertiary alicyclic amines) is 2. The van der Waals surface area contributed by atoms with Crippen molar-refractivity contribution in [2.75, 3.05) is 39.4 Å². The average molecular weight is 361 g/mol. The number of nitrogens with one attached hydrogen (secondary N) is 2. The maximum absolute atomic E-state index is 12.7. The van der Waals surface area contributed by atoms with Crippen molar-refractivity contribution < 1.29 is 9.53 Å². The van der Waals surface area contributed by atoms with Gasteiger partial charge in [0.25, 0.3) is 0 Å². The Bertz CT molecular complexity index is 564. The Morgan fingerprint density at radius 1 is 1.15 bits per heavy atom. The van der Waals surface area contributed by atoms with Gasteiger partial charge in [0.1, 0.15) is 5.82 Å². The molecule has 0 aromatic carbocycles. The number of imidazole rings is 1. The fourth-order valence-electron chi connectivity index (χ4n) is 4.61. The Morgan fingerprint density at radius 3 is 2.69 bits per heavy atom. The highest BCUT2D eigenvalue weighted by atomic mass is 16.5. The molecule has 4 heterocycles. The molecule has 0 bridgehead atoms. The summed E-state index contributed by atoms with van der Waals surface area (Å²) in [6, 6.07) is 1.09. The summed E-state index contributed by atoms with van der Waals surface area (Å²) < 4.78 is 5.47. The summed E-state index contributed by atoms with van der Waals surface area (Å²) in [7, 11) is 0. The molecule has 1 aromatic heterocycles. The molecule has 1 atom stereocenters. The van der Waals surface area contributed by atoms with Crippen molar-refractivity contribution >= 4 is 6.03 Å². The van der Waals surface area contributed by atoms with Gasteiger partial charge in [0, 0.05) is 69.8 Å². The summed E-state index contributed by atoms with van der Waals surface area (Å²) in [6.45, 7) is 5.58. The van der Waals surface area contributed by atoms with E-state index in [0.717, 1.165) is 83.7 Å². The van der Waals surface area contributed by atoms with Gasteiger partial charge in [0.05, 0.1) is 0 Å². The van der Waals surface area contributed by atoms with E-state index in [-0.39, 0.29) is 6.03 Å². The van der Waals surface area contributed by atoms with E-state index in [0.29, 0.717) is 18.0 Å². The molecule has 2 amide bonds. The van der Waals surface area contributed by atoms with E-state index in [1.165, 1.54) is 0 Å². The third kappa shape index (κ3) is 4.20. The van der Waals surface area contributed by atoms with Gasteiger partial charge in [-0.2, -0.15) is 0 Å². The highest BCUT2D eigenvalue weighted by Gasteiger charge is 2.30. The molecule has 3 aliphatic rings. The van der Waals surface area contributed by atoms with Crippen LogP contribution < -0.4 is 5.32 Å². The van der Waals surface area contributed by atoms with Crippen LogP contribution in [0.25, 0.3) is 0 Å². The van der Waals surface area contributed by atoms with Crippen molar-refractivity contribution in [1.82, 2.24) is 25.1 Å². The lowest BCUT2D eigenvalue weighted by Gasteiger charge is -2.40. The summed E-state index contributed by atoms with van der Waals surface area (Å²) in [4.78, 5) is 24.9. The predicted molar refractivity (Wildman–Crippen MR) is 99.1 cm³/mol. The normalized spacial score (nSPS) is 26.8. The zero-order chi connectivity index (χ0) is 17.8. The molecule has 0 spiro atoms. The fraction of sp³-hybridized carbons (Fsp3) is 0.789. The number of piperidine rings is 2. The summed E-state index contributed by atoms with van der Waals surface area (Å²) in [6.07, 6.45) is 10.2. The highest BCUT2D eigenvalue weighted by Crippen LogP contribution is 2.25. The fourth-order valence-corrected chi connectivity index (χ4v) is 4.61. The minimum Gasteiger partial charge on any atom is -0.381 e. The molecule has 0 saturated carbocycles. The minimum atomic E-state index is 0.103. The Hall–Kier alpha value is -1.60. The number of hydrogen-bond acceptors (Lipinski definition) is 4. The molecular weight excluding hydrogens is 330 g/mol. The van der Waals surface area contributed by atoms with Gasteiger partial charge in [-0.1, -0.05) is 0 Å². The molecular formula is C19H31N5O2. The van der Waals surface area contributed by atoms with E-state index in [9.17, 15) is 4.79 Å². The monoisotopic (exact) mass is 361 g/mol. The third-order valence-electron chi connectivity index (χ3n) is 6.18. The summed E-state index contributed by atoms with van der Waals surface area (Å²) in [5, 5.41) is 3.28. The number of hydrogen-bond donors (Lipinski definition) is 2. The molecule has 3 aliphatic heterocycles. The smallest absolute Gasteiger partial charge is 0.317 e. The largest absolute Gasteiger partial charge is 0.381 e. The number of ether oxygens (including phenoxy) is 1. The Morgan fingerprint density at radius 2 is 1.96 bits per heavy atom. The number of amides is 2. The van der Waals surface area contributed by atoms with Crippen LogP contribution in [0.3, 0.4) is 0 Å². The van der Waals surface area contributed by atoms with Crippen molar-refractivity contribution in [3.05, 3.63) is 18.2 Å². The van der Waals surface area contributed by atoms with E-state index < -0.39 is 0 Å². The maximum atomic E-state index is 12.7. The van der Waals surface area contributed by atoms with Crippen LogP contribution in [0, 0.1) is 0 Å². The standard InChI is InChI=1S/C19H31N5O2/c25-19(24-9-1-2-15(14-24)18-20-7-8-21-18)22-16-3-10-23(11-4-16)17-5-12-26-13-6-17/h7-8,15-17H,1-6,9-14H2,(H,20,21)(H,22,25)/t15-/m1/s1. The first-order valence-electron chi connectivity index (χ1n) is 10.2. The molecule has 26 heavy (non-hydrogen) atoms. The third-order valence-corrected chi connectivity index (χ3v) is 6.18. The van der Waals surface area contributed by atoms with Gasteiger partial charge in [-0.15, -0.1) is 0 Å². The van der Waals surface area contributed by atoms with Crippen LogP contribution in [0.15, 0.2) is 12.4 Å². The van der Waals surface area contributed by atoms with Crippen molar-refractivity contribution in [2.24, 2.45) is 0 Å². The van der Waals surface area contributed by atoms with Crippen LogP contribution in [0.5, 0.6) is 0 Å². The number of aromatic amines is 1. The number of rotatable bonds is 3. The van der Waals surface area contributed by atoms with Crippen LogP contribution >= 0.6 is 0 Å². The lowest BCUT2D eigenvalue weighted by atomic mass is 9.97. The molecule has 0 unspecified atom stereocenters. The molecule has 2 N–H and O–H groups in total. The molecule has 3 saturated heterocycles. The molecule has 3 fully saturated rings. The van der Waals surface area contributed by atoms with Crippen LogP contribution in [0.4, 0.5) is 4.79 Å². The topological polar surface area (TPSA) is 73.5 Å². The molecule has 0 aliphatic carbocycles. The van der Waals surface area contributed by atoms with Gasteiger partial charge in [-0.25, -0.2) is 9.78 Å². The number of urea groups is 1.